The van der Waals surface area contributed by atoms with Crippen LogP contribution in [0, 0.1) is 47.3 Å². The highest BCUT2D eigenvalue weighted by Crippen LogP contribution is 2.61. The molecule has 11 rings (SSSR count). The van der Waals surface area contributed by atoms with Gasteiger partial charge in [-0.05, 0) is 124 Å². The van der Waals surface area contributed by atoms with Crippen LogP contribution in [0.4, 0.5) is 0 Å². The average molecular weight is 775 g/mol. The van der Waals surface area contributed by atoms with Crippen molar-refractivity contribution in [2.75, 3.05) is 78.5 Å². The van der Waals surface area contributed by atoms with Crippen molar-refractivity contribution in [3.8, 4) is 0 Å². The fraction of sp³-hybridized carbons (Fsp3) is 1.00. The first-order valence-electron chi connectivity index (χ1n) is 25.1. The maximum Gasteiger partial charge on any atom is 0.0221 e. The Labute approximate surface area is 340 Å². The van der Waals surface area contributed by atoms with Crippen molar-refractivity contribution >= 4 is 0 Å². The summed E-state index contributed by atoms with van der Waals surface area (Å²) in [6, 6.07) is 7.44. The fourth-order valence-corrected chi connectivity index (χ4v) is 17.1. The molecule has 5 saturated carbocycles. The Morgan fingerprint density at radius 2 is 0.768 bits per heavy atom. The number of piperazine rings is 4. The van der Waals surface area contributed by atoms with Gasteiger partial charge in [-0.15, -0.1) is 0 Å². The third-order valence-corrected chi connectivity index (χ3v) is 19.1. The molecular formula is C46H82N10. The zero-order chi connectivity index (χ0) is 37.0. The lowest BCUT2D eigenvalue weighted by molar-refractivity contribution is -0.0235. The van der Waals surface area contributed by atoms with Crippen LogP contribution in [0.3, 0.4) is 0 Å². The van der Waals surface area contributed by atoms with Gasteiger partial charge in [-0.25, -0.2) is 0 Å². The minimum absolute atomic E-state index is 0.643. The molecule has 0 spiro atoms. The molecule has 0 amide bonds. The maximum absolute atomic E-state index is 4.07. The van der Waals surface area contributed by atoms with Crippen molar-refractivity contribution < 1.29 is 0 Å². The van der Waals surface area contributed by atoms with Crippen LogP contribution in [-0.4, -0.2) is 149 Å². The van der Waals surface area contributed by atoms with E-state index in [1.807, 2.05) is 0 Å². The van der Waals surface area contributed by atoms with Crippen LogP contribution < -0.4 is 42.5 Å². The van der Waals surface area contributed by atoms with Gasteiger partial charge in [-0.1, -0.05) is 25.7 Å². The fourth-order valence-electron chi connectivity index (χ4n) is 17.1. The molecular weight excluding hydrogens is 693 g/mol. The van der Waals surface area contributed by atoms with Gasteiger partial charge < -0.3 is 42.5 Å². The van der Waals surface area contributed by atoms with Crippen LogP contribution in [0.1, 0.15) is 103 Å². The second-order valence-electron chi connectivity index (χ2n) is 21.6. The third kappa shape index (κ3) is 7.29. The van der Waals surface area contributed by atoms with Gasteiger partial charge in [-0.2, -0.15) is 0 Å². The number of likely N-dealkylation sites (tertiary alicyclic amines) is 2. The highest BCUT2D eigenvalue weighted by Gasteiger charge is 2.64. The van der Waals surface area contributed by atoms with Crippen molar-refractivity contribution in [1.82, 2.24) is 52.3 Å². The summed E-state index contributed by atoms with van der Waals surface area (Å²) in [7, 11) is 0. The van der Waals surface area contributed by atoms with E-state index in [2.05, 4.69) is 52.3 Å². The zero-order valence-electron chi connectivity index (χ0n) is 35.1. The Kier molecular flexibility index (Phi) is 11.8. The molecule has 11 aliphatic rings. The van der Waals surface area contributed by atoms with E-state index in [0.29, 0.717) is 24.2 Å². The average Bonchev–Trinajstić information content (AvgIpc) is 3.80. The quantitative estimate of drug-likeness (QED) is 0.206. The summed E-state index contributed by atoms with van der Waals surface area (Å²) >= 11 is 0. The predicted octanol–water partition coefficient (Wildman–Crippen LogP) is 2.31. The summed E-state index contributed by atoms with van der Waals surface area (Å²) in [6.07, 6.45) is 23.5. The maximum atomic E-state index is 4.07. The molecule has 6 aliphatic heterocycles. The standard InChI is InChI=1S/C46H82N10/c1-3-7-42-35(5-1)36-9-10-44-45(46(36)56(42)34-23-31(40-27-49-13-17-53-40)20-32(24-34)41-28-50-14-18-54-41)37-6-2-4-8-43(37)55(44)33-21-29(38-25-47-11-15-51-38)19-30(22-33)39-26-48-12-16-52-39/h29-54H,1-28H2. The minimum atomic E-state index is 0.643. The monoisotopic (exact) mass is 775 g/mol. The summed E-state index contributed by atoms with van der Waals surface area (Å²) < 4.78 is 0. The van der Waals surface area contributed by atoms with Gasteiger partial charge in [-0.3, -0.25) is 9.80 Å². The van der Waals surface area contributed by atoms with Crippen molar-refractivity contribution in [3.63, 3.8) is 0 Å². The molecule has 0 aromatic rings. The summed E-state index contributed by atoms with van der Waals surface area (Å²) in [5.41, 5.74) is 0. The second-order valence-corrected chi connectivity index (χ2v) is 21.6. The molecule has 10 heteroatoms. The van der Waals surface area contributed by atoms with E-state index in [9.17, 15) is 0 Å². The summed E-state index contributed by atoms with van der Waals surface area (Å²) in [5.74, 6) is 6.91. The number of fused-ring (bicyclic) bond motifs is 7. The normalized spacial score (nSPS) is 52.1. The van der Waals surface area contributed by atoms with Crippen LogP contribution in [-0.2, 0) is 0 Å². The lowest BCUT2D eigenvalue weighted by Gasteiger charge is -2.52. The smallest absolute Gasteiger partial charge is 0.0221 e. The minimum Gasteiger partial charge on any atom is -0.314 e. The van der Waals surface area contributed by atoms with Crippen LogP contribution in [0.5, 0.6) is 0 Å². The Hall–Kier alpha value is -0.400. The van der Waals surface area contributed by atoms with Crippen LogP contribution in [0.2, 0.25) is 0 Å². The second kappa shape index (κ2) is 17.2. The number of hydrogen-bond donors (Lipinski definition) is 8. The molecule has 0 aromatic carbocycles. The van der Waals surface area contributed by atoms with Crippen molar-refractivity contribution in [2.45, 2.75) is 163 Å². The van der Waals surface area contributed by atoms with Crippen LogP contribution >= 0.6 is 0 Å². The molecule has 0 aromatic heterocycles. The van der Waals surface area contributed by atoms with Gasteiger partial charge >= 0.3 is 0 Å². The summed E-state index contributed by atoms with van der Waals surface area (Å²) in [5, 5.41) is 31.5. The lowest BCUT2D eigenvalue weighted by atomic mass is 9.64. The summed E-state index contributed by atoms with van der Waals surface area (Å²) in [6.45, 7) is 13.8. The van der Waals surface area contributed by atoms with Crippen molar-refractivity contribution in [1.29, 1.82) is 0 Å². The van der Waals surface area contributed by atoms with E-state index in [1.165, 1.54) is 129 Å². The molecule has 10 nitrogen and oxygen atoms in total. The lowest BCUT2D eigenvalue weighted by Crippen LogP contribution is -2.61. The number of nitrogens with one attached hydrogen (secondary N) is 8. The molecule has 11 fully saturated rings. The van der Waals surface area contributed by atoms with Gasteiger partial charge in [0.05, 0.1) is 0 Å². The third-order valence-electron chi connectivity index (χ3n) is 19.1. The molecule has 0 radical (unpaired) electrons. The number of hydrogen-bond acceptors (Lipinski definition) is 10. The van der Waals surface area contributed by atoms with Gasteiger partial charge in [0.25, 0.3) is 0 Å². The molecule has 16 atom stereocenters. The molecule has 5 aliphatic carbocycles. The highest BCUT2D eigenvalue weighted by atomic mass is 15.3. The molecule has 0 bridgehead atoms. The first-order chi connectivity index (χ1) is 27.8. The molecule has 316 valence electrons. The molecule has 16 unspecified atom stereocenters. The van der Waals surface area contributed by atoms with Crippen LogP contribution in [0.25, 0.3) is 0 Å². The van der Waals surface area contributed by atoms with Crippen molar-refractivity contribution in [3.05, 3.63) is 0 Å². The SMILES string of the molecule is C1CCC2C(C1)C1C(CCC3C4CCCCC4N(C4CC(C5CNCCN5)CC(C5CNCCN5)C4)C31)N2C1CC(C2CNCCN2)CC(C2CNCCN2)C1. The van der Waals surface area contributed by atoms with Crippen LogP contribution in [0.15, 0.2) is 0 Å². The van der Waals surface area contributed by atoms with Crippen molar-refractivity contribution in [2.24, 2.45) is 47.3 Å². The van der Waals surface area contributed by atoms with E-state index >= 15 is 0 Å². The zero-order valence-corrected chi connectivity index (χ0v) is 35.1. The van der Waals surface area contributed by atoms with Gasteiger partial charge in [0, 0.05) is 139 Å². The molecule has 6 heterocycles. The Morgan fingerprint density at radius 1 is 0.339 bits per heavy atom. The highest BCUT2D eigenvalue weighted by molar-refractivity contribution is 5.18. The van der Waals surface area contributed by atoms with E-state index in [-0.39, 0.29) is 0 Å². The number of nitrogens with zero attached hydrogens (tertiary/aromatic N) is 2. The Balaban J connectivity index is 0.923. The molecule has 56 heavy (non-hydrogen) atoms. The topological polar surface area (TPSA) is 103 Å². The Morgan fingerprint density at radius 3 is 1.23 bits per heavy atom. The summed E-state index contributed by atoms with van der Waals surface area (Å²) in [4.78, 5) is 6.84. The van der Waals surface area contributed by atoms with E-state index in [4.69, 9.17) is 0 Å². The molecule has 8 N–H and O–H groups in total. The molecule has 6 saturated heterocycles. The van der Waals surface area contributed by atoms with Gasteiger partial charge in [0.15, 0.2) is 0 Å². The number of rotatable bonds is 6. The van der Waals surface area contributed by atoms with E-state index in [1.54, 1.807) is 0 Å². The van der Waals surface area contributed by atoms with E-state index in [0.717, 1.165) is 136 Å². The largest absolute Gasteiger partial charge is 0.314 e. The first-order valence-corrected chi connectivity index (χ1v) is 25.1. The first kappa shape index (κ1) is 38.5. The van der Waals surface area contributed by atoms with Gasteiger partial charge in [0.1, 0.15) is 0 Å². The Bertz CT molecular complexity index is 1230. The van der Waals surface area contributed by atoms with E-state index < -0.39 is 0 Å². The predicted molar refractivity (Wildman–Crippen MR) is 227 cm³/mol. The van der Waals surface area contributed by atoms with Gasteiger partial charge in [0.2, 0.25) is 0 Å².